The van der Waals surface area contributed by atoms with Crippen molar-refractivity contribution in [2.75, 3.05) is 24.5 Å². The zero-order valence-electron chi connectivity index (χ0n) is 14.9. The topological polar surface area (TPSA) is 61.9 Å². The lowest BCUT2D eigenvalue weighted by Gasteiger charge is -2.33. The Morgan fingerprint density at radius 1 is 1.25 bits per heavy atom. The molecule has 1 aromatic rings. The lowest BCUT2D eigenvalue weighted by atomic mass is 9.98. The van der Waals surface area contributed by atoms with Crippen molar-refractivity contribution in [3.63, 3.8) is 0 Å². The van der Waals surface area contributed by atoms with Gasteiger partial charge in [-0.05, 0) is 36.8 Å². The van der Waals surface area contributed by atoms with Gasteiger partial charge < -0.3 is 15.5 Å². The number of nitrogens with two attached hydrogens (primary N) is 1. The molecule has 1 amide bonds. The van der Waals surface area contributed by atoms with Gasteiger partial charge in [0.2, 0.25) is 0 Å². The maximum absolute atomic E-state index is 12.8. The first-order valence-electron chi connectivity index (χ1n) is 8.96. The molecule has 130 valence electrons. The molecule has 1 saturated heterocycles. The first kappa shape index (κ1) is 17.0. The highest BCUT2D eigenvalue weighted by molar-refractivity contribution is 6.11. The molecule has 2 aliphatic heterocycles. The number of aliphatic imine (C=N–C) groups is 1. The molecule has 0 saturated carbocycles. The van der Waals surface area contributed by atoms with Gasteiger partial charge in [-0.25, -0.2) is 4.99 Å². The van der Waals surface area contributed by atoms with Crippen LogP contribution in [-0.4, -0.2) is 42.4 Å². The van der Waals surface area contributed by atoms with Gasteiger partial charge in [-0.2, -0.15) is 0 Å². The maximum Gasteiger partial charge on any atom is 0.266 e. The highest BCUT2D eigenvalue weighted by Gasteiger charge is 2.32. The first-order valence-corrected chi connectivity index (χ1v) is 8.96. The molecule has 2 N–H and O–H groups in total. The number of hydrogen-bond donors (Lipinski definition) is 1. The highest BCUT2D eigenvalue weighted by atomic mass is 16.2. The third kappa shape index (κ3) is 3.31. The molecule has 0 spiro atoms. The lowest BCUT2D eigenvalue weighted by Crippen LogP contribution is -2.44. The van der Waals surface area contributed by atoms with E-state index in [0.717, 1.165) is 48.9 Å². The van der Waals surface area contributed by atoms with Gasteiger partial charge in [0, 0.05) is 25.2 Å². The normalized spacial score (nSPS) is 22.5. The zero-order valence-corrected chi connectivity index (χ0v) is 14.9. The molecule has 5 heteroatoms. The van der Waals surface area contributed by atoms with Crippen molar-refractivity contribution >= 4 is 17.4 Å². The van der Waals surface area contributed by atoms with Crippen molar-refractivity contribution < 1.29 is 4.79 Å². The van der Waals surface area contributed by atoms with Gasteiger partial charge in [-0.15, -0.1) is 0 Å². The van der Waals surface area contributed by atoms with E-state index in [1.165, 1.54) is 0 Å². The van der Waals surface area contributed by atoms with Gasteiger partial charge in [0.1, 0.15) is 5.84 Å². The second-order valence-corrected chi connectivity index (χ2v) is 7.43. The van der Waals surface area contributed by atoms with E-state index in [0.29, 0.717) is 12.5 Å². The molecule has 5 nitrogen and oxygen atoms in total. The number of benzene rings is 1. The van der Waals surface area contributed by atoms with Crippen molar-refractivity contribution in [1.82, 2.24) is 4.90 Å². The molecule has 0 unspecified atom stereocenters. The summed E-state index contributed by atoms with van der Waals surface area (Å²) in [5.41, 5.74) is 8.10. The fourth-order valence-corrected chi connectivity index (χ4v) is 3.46. The maximum atomic E-state index is 12.8. The number of hydrogen-bond acceptors (Lipinski definition) is 4. The van der Waals surface area contributed by atoms with Crippen molar-refractivity contribution in [1.29, 1.82) is 0 Å². The van der Waals surface area contributed by atoms with Gasteiger partial charge in [-0.1, -0.05) is 32.9 Å². The summed E-state index contributed by atoms with van der Waals surface area (Å²) >= 11 is 0. The third-order valence-electron chi connectivity index (χ3n) is 4.85. The van der Waals surface area contributed by atoms with Crippen LogP contribution >= 0.6 is 0 Å². The largest absolute Gasteiger partial charge is 0.356 e. The fraction of sp³-hybridized carbons (Fsp3) is 0.579. The van der Waals surface area contributed by atoms with Crippen molar-refractivity contribution in [3.8, 4) is 0 Å². The number of rotatable bonds is 2. The van der Waals surface area contributed by atoms with Crippen LogP contribution in [0, 0.1) is 11.8 Å². The summed E-state index contributed by atoms with van der Waals surface area (Å²) in [4.78, 5) is 21.5. The average Bonchev–Trinajstić information content (AvgIpc) is 2.66. The first-order chi connectivity index (χ1) is 11.5. The van der Waals surface area contributed by atoms with E-state index >= 15 is 0 Å². The Morgan fingerprint density at radius 3 is 2.58 bits per heavy atom. The molecular weight excluding hydrogens is 300 g/mol. The van der Waals surface area contributed by atoms with Crippen molar-refractivity contribution in [2.24, 2.45) is 22.6 Å². The smallest absolute Gasteiger partial charge is 0.266 e. The van der Waals surface area contributed by atoms with Crippen LogP contribution in [-0.2, 0) is 4.79 Å². The van der Waals surface area contributed by atoms with E-state index in [2.05, 4.69) is 36.7 Å². The van der Waals surface area contributed by atoms with Crippen LogP contribution in [0.5, 0.6) is 0 Å². The quantitative estimate of drug-likeness (QED) is 0.907. The number of carbonyl (C=O) groups is 1. The number of para-hydroxylation sites is 1. The number of nitrogens with zero attached hydrogens (tertiary/aromatic N) is 3. The number of fused-ring (bicyclic) bond motifs is 1. The number of piperidine rings is 1. The number of amidine groups is 1. The molecule has 1 aromatic carbocycles. The minimum atomic E-state index is -0.828. The summed E-state index contributed by atoms with van der Waals surface area (Å²) in [6.45, 7) is 9.11. The minimum absolute atomic E-state index is 0.114. The minimum Gasteiger partial charge on any atom is -0.356 e. The van der Waals surface area contributed by atoms with E-state index in [9.17, 15) is 4.79 Å². The average molecular weight is 328 g/mol. The summed E-state index contributed by atoms with van der Waals surface area (Å²) in [7, 11) is 0. The molecule has 0 aromatic heterocycles. The van der Waals surface area contributed by atoms with Crippen LogP contribution in [0.25, 0.3) is 0 Å². The molecule has 0 aliphatic carbocycles. The Labute approximate surface area is 144 Å². The third-order valence-corrected chi connectivity index (χ3v) is 4.85. The monoisotopic (exact) mass is 328 g/mol. The zero-order chi connectivity index (χ0) is 17.3. The van der Waals surface area contributed by atoms with Gasteiger partial charge in [0.05, 0.1) is 5.69 Å². The predicted molar refractivity (Wildman–Crippen MR) is 98.1 cm³/mol. The SMILES string of the molecule is CC(C)CN1C(=O)[C@@H](N)N=C(N2CCC(C)CC2)c2ccccc21. The molecule has 0 bridgehead atoms. The van der Waals surface area contributed by atoms with E-state index in [-0.39, 0.29) is 5.91 Å². The lowest BCUT2D eigenvalue weighted by molar-refractivity contribution is -0.119. The van der Waals surface area contributed by atoms with E-state index in [1.807, 2.05) is 23.1 Å². The summed E-state index contributed by atoms with van der Waals surface area (Å²) in [6.07, 6.45) is 1.48. The van der Waals surface area contributed by atoms with Gasteiger partial charge >= 0.3 is 0 Å². The Bertz CT molecular complexity index is 632. The van der Waals surface area contributed by atoms with Crippen LogP contribution in [0.2, 0.25) is 0 Å². The number of amides is 1. The van der Waals surface area contributed by atoms with Crippen LogP contribution < -0.4 is 10.6 Å². The summed E-state index contributed by atoms with van der Waals surface area (Å²) < 4.78 is 0. The summed E-state index contributed by atoms with van der Waals surface area (Å²) in [5, 5.41) is 0. The van der Waals surface area contributed by atoms with Crippen molar-refractivity contribution in [2.45, 2.75) is 39.8 Å². The van der Waals surface area contributed by atoms with E-state index < -0.39 is 6.17 Å². The van der Waals surface area contributed by atoms with E-state index in [1.54, 1.807) is 0 Å². The Hall–Kier alpha value is -1.88. The molecular formula is C19H28N4O. The second-order valence-electron chi connectivity index (χ2n) is 7.43. The molecule has 2 heterocycles. The Morgan fingerprint density at radius 2 is 1.92 bits per heavy atom. The highest BCUT2D eigenvalue weighted by Crippen LogP contribution is 2.29. The fourth-order valence-electron chi connectivity index (χ4n) is 3.46. The molecule has 3 rings (SSSR count). The molecule has 1 fully saturated rings. The number of benzodiazepines with no additional fused rings is 1. The molecule has 1 atom stereocenters. The number of anilines is 1. The Kier molecular flexibility index (Phi) is 4.90. The molecule has 24 heavy (non-hydrogen) atoms. The van der Waals surface area contributed by atoms with Crippen LogP contribution in [0.1, 0.15) is 39.2 Å². The number of likely N-dealkylation sites (tertiary alicyclic amines) is 1. The molecule has 0 radical (unpaired) electrons. The van der Waals surface area contributed by atoms with Gasteiger partial charge in [-0.3, -0.25) is 4.79 Å². The van der Waals surface area contributed by atoms with Crippen LogP contribution in [0.4, 0.5) is 5.69 Å². The van der Waals surface area contributed by atoms with Gasteiger partial charge in [0.15, 0.2) is 6.17 Å². The standard InChI is InChI=1S/C19H28N4O/c1-13(2)12-23-16-7-5-4-6-15(16)18(21-17(20)19(23)24)22-10-8-14(3)9-11-22/h4-7,13-14,17H,8-12,20H2,1-3H3/t17-/m0/s1. The van der Waals surface area contributed by atoms with Crippen molar-refractivity contribution in [3.05, 3.63) is 29.8 Å². The van der Waals surface area contributed by atoms with Crippen LogP contribution in [0.15, 0.2) is 29.3 Å². The summed E-state index contributed by atoms with van der Waals surface area (Å²) in [5.74, 6) is 1.88. The van der Waals surface area contributed by atoms with Gasteiger partial charge in [0.25, 0.3) is 5.91 Å². The predicted octanol–water partition coefficient (Wildman–Crippen LogP) is 2.45. The van der Waals surface area contributed by atoms with Crippen LogP contribution in [0.3, 0.4) is 0 Å². The summed E-state index contributed by atoms with van der Waals surface area (Å²) in [6, 6.07) is 8.06. The second kappa shape index (κ2) is 6.93. The van der Waals surface area contributed by atoms with E-state index in [4.69, 9.17) is 5.73 Å². The Balaban J connectivity index is 2.02. The number of carbonyl (C=O) groups excluding carboxylic acids is 1. The molecule has 2 aliphatic rings.